The molecule has 2 aromatic heterocycles. The molecule has 46 heavy (non-hydrogen) atoms. The number of pyridine rings is 1. The summed E-state index contributed by atoms with van der Waals surface area (Å²) in [7, 11) is 0. The number of piperidine rings is 1. The molecule has 2 aromatic carbocycles. The molecule has 4 aromatic rings. The van der Waals surface area contributed by atoms with Crippen LogP contribution in [0, 0.1) is 18.6 Å². The SMILES string of the molecule is Cc1cc(N2CCN(c3c(F)cc4c(=O)c(C(=O)O)cn(Cc5ccc(C(F)(F)F)cc5)c4c3F)CC2)nc(N2CCCCC2)n1. The molecule has 0 atom stereocenters. The summed E-state index contributed by atoms with van der Waals surface area (Å²) < 4.78 is 72.3. The first kappa shape index (κ1) is 31.2. The lowest BCUT2D eigenvalue weighted by molar-refractivity contribution is -0.137. The number of hydrogen-bond donors (Lipinski definition) is 1. The van der Waals surface area contributed by atoms with Crippen molar-refractivity contribution in [2.45, 2.75) is 38.9 Å². The van der Waals surface area contributed by atoms with Gasteiger partial charge in [0.1, 0.15) is 22.9 Å². The van der Waals surface area contributed by atoms with Crippen molar-refractivity contribution in [3.05, 3.63) is 86.8 Å². The fraction of sp³-hybridized carbons (Fsp3) is 0.375. The quantitative estimate of drug-likeness (QED) is 0.277. The fourth-order valence-electron chi connectivity index (χ4n) is 6.13. The molecule has 4 heterocycles. The largest absolute Gasteiger partial charge is 0.477 e. The van der Waals surface area contributed by atoms with Gasteiger partial charge in [-0.2, -0.15) is 18.2 Å². The maximum atomic E-state index is 16.4. The maximum Gasteiger partial charge on any atom is 0.416 e. The number of halogens is 5. The summed E-state index contributed by atoms with van der Waals surface area (Å²) in [6.45, 7) is 4.62. The topological polar surface area (TPSA) is 94.8 Å². The average Bonchev–Trinajstić information content (AvgIpc) is 3.02. The van der Waals surface area contributed by atoms with Crippen LogP contribution in [0.2, 0.25) is 0 Å². The molecule has 2 fully saturated rings. The third-order valence-corrected chi connectivity index (χ3v) is 8.48. The highest BCUT2D eigenvalue weighted by Crippen LogP contribution is 2.33. The first-order chi connectivity index (χ1) is 21.9. The van der Waals surface area contributed by atoms with Crippen molar-refractivity contribution in [2.24, 2.45) is 0 Å². The summed E-state index contributed by atoms with van der Waals surface area (Å²) in [5.74, 6) is -2.30. The monoisotopic (exact) mass is 642 g/mol. The molecule has 2 saturated heterocycles. The number of fused-ring (bicyclic) bond motifs is 1. The van der Waals surface area contributed by atoms with Gasteiger partial charge in [0.25, 0.3) is 0 Å². The summed E-state index contributed by atoms with van der Waals surface area (Å²) in [6, 6.07) is 6.78. The van der Waals surface area contributed by atoms with Crippen LogP contribution in [0.25, 0.3) is 10.9 Å². The molecule has 242 valence electrons. The Balaban J connectivity index is 1.32. The summed E-state index contributed by atoms with van der Waals surface area (Å²) in [6.07, 6.45) is -0.312. The maximum absolute atomic E-state index is 16.4. The molecule has 0 spiro atoms. The Morgan fingerprint density at radius 3 is 2.17 bits per heavy atom. The lowest BCUT2D eigenvalue weighted by atomic mass is 10.1. The van der Waals surface area contributed by atoms with Crippen LogP contribution in [0.3, 0.4) is 0 Å². The number of alkyl halides is 3. The van der Waals surface area contributed by atoms with Crippen molar-refractivity contribution < 1.29 is 31.9 Å². The van der Waals surface area contributed by atoms with Crippen LogP contribution in [-0.4, -0.2) is 64.9 Å². The molecule has 0 radical (unpaired) electrons. The zero-order valence-corrected chi connectivity index (χ0v) is 24.9. The minimum atomic E-state index is -4.57. The van der Waals surface area contributed by atoms with Gasteiger partial charge in [0.2, 0.25) is 11.4 Å². The number of rotatable bonds is 6. The van der Waals surface area contributed by atoms with Crippen molar-refractivity contribution in [3.63, 3.8) is 0 Å². The predicted octanol–water partition coefficient (Wildman–Crippen LogP) is 5.46. The fourth-order valence-corrected chi connectivity index (χ4v) is 6.13. The van der Waals surface area contributed by atoms with Gasteiger partial charge in [-0.1, -0.05) is 12.1 Å². The average molecular weight is 643 g/mol. The van der Waals surface area contributed by atoms with Crippen LogP contribution >= 0.6 is 0 Å². The number of anilines is 3. The van der Waals surface area contributed by atoms with Gasteiger partial charge < -0.3 is 24.4 Å². The Morgan fingerprint density at radius 2 is 1.54 bits per heavy atom. The van der Waals surface area contributed by atoms with Gasteiger partial charge in [0.15, 0.2) is 5.82 Å². The molecule has 0 aliphatic carbocycles. The minimum absolute atomic E-state index is 0.220. The second-order valence-electron chi connectivity index (χ2n) is 11.6. The normalized spacial score (nSPS) is 15.9. The summed E-state index contributed by atoms with van der Waals surface area (Å²) in [4.78, 5) is 39.9. The molecule has 0 bridgehead atoms. The number of aromatic nitrogens is 3. The van der Waals surface area contributed by atoms with E-state index in [-0.39, 0.29) is 36.4 Å². The standard InChI is InChI=1S/C32H31F5N6O3/c1-19-15-25(39-31(38-19)42-9-3-2-4-10-42)40-11-13-41(14-12-40)28-24(33)16-22-27(26(28)34)43(18-23(29(22)44)30(45)46)17-20-5-7-21(8-6-20)32(35,36)37/h5-8,15-16,18H,2-4,9-14,17H2,1H3,(H,45,46). The van der Waals surface area contributed by atoms with E-state index in [0.717, 1.165) is 66.4 Å². The van der Waals surface area contributed by atoms with Gasteiger partial charge in [-0.25, -0.2) is 18.6 Å². The van der Waals surface area contributed by atoms with Crippen LogP contribution in [0.5, 0.6) is 0 Å². The third kappa shape index (κ3) is 6.07. The number of aryl methyl sites for hydroxylation is 1. The van der Waals surface area contributed by atoms with E-state index in [2.05, 4.69) is 9.88 Å². The number of carboxylic acids is 1. The van der Waals surface area contributed by atoms with Gasteiger partial charge in [0.05, 0.1) is 16.5 Å². The highest BCUT2D eigenvalue weighted by molar-refractivity contribution is 5.94. The lowest BCUT2D eigenvalue weighted by Crippen LogP contribution is -2.47. The molecule has 6 rings (SSSR count). The van der Waals surface area contributed by atoms with E-state index in [1.54, 1.807) is 0 Å². The van der Waals surface area contributed by atoms with Gasteiger partial charge in [-0.3, -0.25) is 4.79 Å². The summed E-state index contributed by atoms with van der Waals surface area (Å²) >= 11 is 0. The minimum Gasteiger partial charge on any atom is -0.477 e. The van der Waals surface area contributed by atoms with E-state index in [1.807, 2.05) is 17.9 Å². The predicted molar refractivity (Wildman–Crippen MR) is 163 cm³/mol. The molecule has 2 aliphatic heterocycles. The van der Waals surface area contributed by atoms with Crippen LogP contribution in [-0.2, 0) is 12.7 Å². The Morgan fingerprint density at radius 1 is 0.891 bits per heavy atom. The van der Waals surface area contributed by atoms with Crippen molar-refractivity contribution in [1.82, 2.24) is 14.5 Å². The smallest absolute Gasteiger partial charge is 0.416 e. The number of aromatic carboxylic acids is 1. The van der Waals surface area contributed by atoms with E-state index in [9.17, 15) is 27.9 Å². The van der Waals surface area contributed by atoms with Crippen LogP contribution in [0.4, 0.5) is 39.4 Å². The van der Waals surface area contributed by atoms with Crippen molar-refractivity contribution in [3.8, 4) is 0 Å². The van der Waals surface area contributed by atoms with Crippen molar-refractivity contribution >= 4 is 34.3 Å². The zero-order chi connectivity index (χ0) is 32.7. The first-order valence-corrected chi connectivity index (χ1v) is 15.0. The van der Waals surface area contributed by atoms with Crippen molar-refractivity contribution in [2.75, 3.05) is 54.0 Å². The Labute approximate surface area is 260 Å². The Bertz CT molecular complexity index is 1850. The number of hydrogen-bond acceptors (Lipinski definition) is 7. The molecule has 0 amide bonds. The molecule has 0 saturated carbocycles. The number of benzene rings is 2. The second-order valence-corrected chi connectivity index (χ2v) is 11.6. The molecule has 0 unspecified atom stereocenters. The number of carboxylic acid groups (broad SMARTS) is 1. The van der Waals surface area contributed by atoms with Crippen LogP contribution in [0.1, 0.15) is 46.4 Å². The highest BCUT2D eigenvalue weighted by Gasteiger charge is 2.31. The molecule has 9 nitrogen and oxygen atoms in total. The molecule has 2 aliphatic rings. The van der Waals surface area contributed by atoms with E-state index in [1.165, 1.54) is 23.5 Å². The number of nitrogens with zero attached hydrogens (tertiary/aromatic N) is 6. The van der Waals surface area contributed by atoms with Crippen LogP contribution < -0.4 is 20.1 Å². The van der Waals surface area contributed by atoms with E-state index < -0.39 is 45.7 Å². The summed E-state index contributed by atoms with van der Waals surface area (Å²) in [5.41, 5.74) is -2.28. The third-order valence-electron chi connectivity index (χ3n) is 8.48. The number of piperazine rings is 1. The van der Waals surface area contributed by atoms with Gasteiger partial charge in [-0.15, -0.1) is 0 Å². The van der Waals surface area contributed by atoms with Crippen molar-refractivity contribution in [1.29, 1.82) is 0 Å². The second kappa shape index (κ2) is 12.2. The van der Waals surface area contributed by atoms with E-state index >= 15 is 8.78 Å². The van der Waals surface area contributed by atoms with Gasteiger partial charge in [0, 0.05) is 63.8 Å². The van der Waals surface area contributed by atoms with Gasteiger partial charge in [-0.05, 0) is 49.9 Å². The Kier molecular flexibility index (Phi) is 8.30. The first-order valence-electron chi connectivity index (χ1n) is 15.0. The Hall–Kier alpha value is -4.75. The molecular weight excluding hydrogens is 611 g/mol. The number of carbonyl (C=O) groups is 1. The molecule has 1 N–H and O–H groups in total. The van der Waals surface area contributed by atoms with Crippen LogP contribution in [0.15, 0.2) is 47.4 Å². The van der Waals surface area contributed by atoms with Gasteiger partial charge >= 0.3 is 12.1 Å². The molecular formula is C32H31F5N6O3. The highest BCUT2D eigenvalue weighted by atomic mass is 19.4. The summed E-state index contributed by atoms with van der Waals surface area (Å²) in [5, 5.41) is 9.13. The lowest BCUT2D eigenvalue weighted by Gasteiger charge is -2.37. The van der Waals surface area contributed by atoms with E-state index in [0.29, 0.717) is 19.0 Å². The molecule has 14 heteroatoms. The van der Waals surface area contributed by atoms with E-state index in [4.69, 9.17) is 4.98 Å². The zero-order valence-electron chi connectivity index (χ0n) is 24.9.